The van der Waals surface area contributed by atoms with Gasteiger partial charge in [-0.05, 0) is 41.5 Å². The second-order valence-electron chi connectivity index (χ2n) is 5.22. The minimum Gasteiger partial charge on any atom is -0.324 e. The Morgan fingerprint density at radius 3 is 2.62 bits per heavy atom. The van der Waals surface area contributed by atoms with Gasteiger partial charge in [0.2, 0.25) is 11.7 Å². The number of nitrogens with one attached hydrogen (secondary N) is 1. The Balaban J connectivity index is 1.66. The minimum absolute atomic E-state index is 0.0209. The molecule has 0 saturated heterocycles. The van der Waals surface area contributed by atoms with Gasteiger partial charge in [-0.2, -0.15) is 4.80 Å². The Morgan fingerprint density at radius 2 is 1.92 bits per heavy atom. The SMILES string of the molecule is CCc1ccc(NC(=O)Cn2nnc(-c3ccccc3Cl)n2)cc1. The lowest BCUT2D eigenvalue weighted by Crippen LogP contribution is -2.20. The van der Waals surface area contributed by atoms with Gasteiger partial charge in [0.05, 0.1) is 5.02 Å². The van der Waals surface area contributed by atoms with E-state index in [0.717, 1.165) is 12.1 Å². The molecule has 0 aliphatic rings. The Morgan fingerprint density at radius 1 is 1.17 bits per heavy atom. The zero-order valence-corrected chi connectivity index (χ0v) is 13.9. The van der Waals surface area contributed by atoms with E-state index >= 15 is 0 Å². The molecule has 1 heterocycles. The van der Waals surface area contributed by atoms with Crippen molar-refractivity contribution >= 4 is 23.2 Å². The van der Waals surface area contributed by atoms with Crippen LogP contribution in [0.4, 0.5) is 5.69 Å². The standard InChI is InChI=1S/C17H16ClN5O/c1-2-12-7-9-13(10-8-12)19-16(24)11-23-21-17(20-22-23)14-5-3-4-6-15(14)18/h3-10H,2,11H2,1H3,(H,19,24). The predicted octanol–water partition coefficient (Wildman–Crippen LogP) is 3.19. The summed E-state index contributed by atoms with van der Waals surface area (Å²) in [6.07, 6.45) is 0.960. The van der Waals surface area contributed by atoms with Gasteiger partial charge < -0.3 is 5.32 Å². The van der Waals surface area contributed by atoms with Crippen LogP contribution in [0.1, 0.15) is 12.5 Å². The van der Waals surface area contributed by atoms with Gasteiger partial charge >= 0.3 is 0 Å². The molecular weight excluding hydrogens is 326 g/mol. The number of nitrogens with zero attached hydrogens (tertiary/aromatic N) is 4. The van der Waals surface area contributed by atoms with E-state index in [4.69, 9.17) is 11.6 Å². The summed E-state index contributed by atoms with van der Waals surface area (Å²) in [6.45, 7) is 2.06. The quantitative estimate of drug-likeness (QED) is 0.773. The zero-order chi connectivity index (χ0) is 16.9. The molecule has 0 aliphatic heterocycles. The number of rotatable bonds is 5. The summed E-state index contributed by atoms with van der Waals surface area (Å²) in [4.78, 5) is 13.3. The van der Waals surface area contributed by atoms with Crippen molar-refractivity contribution < 1.29 is 4.79 Å². The van der Waals surface area contributed by atoms with E-state index in [1.54, 1.807) is 12.1 Å². The average molecular weight is 342 g/mol. The number of carbonyl (C=O) groups is 1. The van der Waals surface area contributed by atoms with Crippen LogP contribution in [-0.2, 0) is 17.8 Å². The van der Waals surface area contributed by atoms with Crippen LogP contribution in [0.25, 0.3) is 11.4 Å². The van der Waals surface area contributed by atoms with Gasteiger partial charge in [0.15, 0.2) is 0 Å². The third kappa shape index (κ3) is 3.78. The molecule has 0 bridgehead atoms. The lowest BCUT2D eigenvalue weighted by Gasteiger charge is -2.05. The van der Waals surface area contributed by atoms with Crippen molar-refractivity contribution in [2.24, 2.45) is 0 Å². The minimum atomic E-state index is -0.220. The molecular formula is C17H16ClN5O. The maximum Gasteiger partial charge on any atom is 0.248 e. The Labute approximate surface area is 144 Å². The van der Waals surface area contributed by atoms with Gasteiger partial charge in [-0.25, -0.2) is 0 Å². The lowest BCUT2D eigenvalue weighted by atomic mass is 10.1. The highest BCUT2D eigenvalue weighted by Gasteiger charge is 2.11. The largest absolute Gasteiger partial charge is 0.324 e. The van der Waals surface area contributed by atoms with Crippen molar-refractivity contribution in [2.75, 3.05) is 5.32 Å². The molecule has 0 unspecified atom stereocenters. The van der Waals surface area contributed by atoms with E-state index in [1.165, 1.54) is 10.4 Å². The third-order valence-corrected chi connectivity index (χ3v) is 3.83. The molecule has 3 rings (SSSR count). The predicted molar refractivity (Wildman–Crippen MR) is 92.7 cm³/mol. The molecule has 1 aromatic heterocycles. The number of tetrazole rings is 1. The summed E-state index contributed by atoms with van der Waals surface area (Å²) in [7, 11) is 0. The molecule has 24 heavy (non-hydrogen) atoms. The van der Waals surface area contributed by atoms with Crippen LogP contribution in [0.5, 0.6) is 0 Å². The number of carbonyl (C=O) groups excluding carboxylic acids is 1. The number of amides is 1. The number of anilines is 1. The van der Waals surface area contributed by atoms with Crippen molar-refractivity contribution in [2.45, 2.75) is 19.9 Å². The molecule has 7 heteroatoms. The molecule has 0 saturated carbocycles. The van der Waals surface area contributed by atoms with Crippen LogP contribution >= 0.6 is 11.6 Å². The first kappa shape index (κ1) is 16.1. The summed E-state index contributed by atoms with van der Waals surface area (Å²) in [5.41, 5.74) is 2.64. The fraction of sp³-hybridized carbons (Fsp3) is 0.176. The topological polar surface area (TPSA) is 72.7 Å². The third-order valence-electron chi connectivity index (χ3n) is 3.50. The first-order valence-electron chi connectivity index (χ1n) is 7.57. The molecule has 1 N–H and O–H groups in total. The normalized spacial score (nSPS) is 10.6. The fourth-order valence-corrected chi connectivity index (χ4v) is 2.43. The van der Waals surface area contributed by atoms with E-state index in [0.29, 0.717) is 16.4 Å². The Bertz CT molecular complexity index is 844. The number of benzene rings is 2. The van der Waals surface area contributed by atoms with Gasteiger partial charge in [-0.15, -0.1) is 10.2 Å². The highest BCUT2D eigenvalue weighted by atomic mass is 35.5. The van der Waals surface area contributed by atoms with E-state index < -0.39 is 0 Å². The first-order chi connectivity index (χ1) is 11.7. The summed E-state index contributed by atoms with van der Waals surface area (Å²) in [6, 6.07) is 14.9. The monoisotopic (exact) mass is 341 g/mol. The zero-order valence-electron chi connectivity index (χ0n) is 13.1. The summed E-state index contributed by atoms with van der Waals surface area (Å²) in [5, 5.41) is 15.4. The van der Waals surface area contributed by atoms with Crippen molar-refractivity contribution in [3.05, 3.63) is 59.1 Å². The molecule has 122 valence electrons. The van der Waals surface area contributed by atoms with Gasteiger partial charge in [0.1, 0.15) is 6.54 Å². The fourth-order valence-electron chi connectivity index (χ4n) is 2.21. The highest BCUT2D eigenvalue weighted by Crippen LogP contribution is 2.23. The van der Waals surface area contributed by atoms with Crippen molar-refractivity contribution in [1.82, 2.24) is 20.2 Å². The summed E-state index contributed by atoms with van der Waals surface area (Å²) >= 11 is 6.11. The van der Waals surface area contributed by atoms with Crippen molar-refractivity contribution in [1.29, 1.82) is 0 Å². The summed E-state index contributed by atoms with van der Waals surface area (Å²) < 4.78 is 0. The molecule has 0 fully saturated rings. The maximum absolute atomic E-state index is 12.1. The second kappa shape index (κ2) is 7.23. The average Bonchev–Trinajstić information content (AvgIpc) is 3.04. The van der Waals surface area contributed by atoms with Gasteiger partial charge in [0, 0.05) is 11.3 Å². The molecule has 0 radical (unpaired) electrons. The Kier molecular flexibility index (Phi) is 4.86. The molecule has 3 aromatic rings. The lowest BCUT2D eigenvalue weighted by molar-refractivity contribution is -0.117. The van der Waals surface area contributed by atoms with Crippen LogP contribution in [0.2, 0.25) is 5.02 Å². The first-order valence-corrected chi connectivity index (χ1v) is 7.95. The summed E-state index contributed by atoms with van der Waals surface area (Å²) in [5.74, 6) is 0.169. The smallest absolute Gasteiger partial charge is 0.248 e. The van der Waals surface area contributed by atoms with E-state index in [1.807, 2.05) is 36.4 Å². The van der Waals surface area contributed by atoms with Crippen LogP contribution in [-0.4, -0.2) is 26.1 Å². The van der Waals surface area contributed by atoms with Crippen LogP contribution in [0.15, 0.2) is 48.5 Å². The molecule has 6 nitrogen and oxygen atoms in total. The maximum atomic E-state index is 12.1. The number of hydrogen-bond acceptors (Lipinski definition) is 4. The highest BCUT2D eigenvalue weighted by molar-refractivity contribution is 6.33. The number of aryl methyl sites for hydroxylation is 1. The molecule has 0 atom stereocenters. The van der Waals surface area contributed by atoms with Gasteiger partial charge in [-0.1, -0.05) is 42.8 Å². The number of aromatic nitrogens is 4. The number of hydrogen-bond donors (Lipinski definition) is 1. The van der Waals surface area contributed by atoms with E-state index in [2.05, 4.69) is 27.7 Å². The van der Waals surface area contributed by atoms with Crippen molar-refractivity contribution in [3.8, 4) is 11.4 Å². The van der Waals surface area contributed by atoms with Crippen LogP contribution in [0.3, 0.4) is 0 Å². The van der Waals surface area contributed by atoms with E-state index in [-0.39, 0.29) is 12.5 Å². The molecule has 1 amide bonds. The van der Waals surface area contributed by atoms with Crippen molar-refractivity contribution in [3.63, 3.8) is 0 Å². The molecule has 2 aromatic carbocycles. The Hall–Kier alpha value is -2.73. The van der Waals surface area contributed by atoms with Crippen LogP contribution in [0, 0.1) is 0 Å². The van der Waals surface area contributed by atoms with Gasteiger partial charge in [-0.3, -0.25) is 4.79 Å². The molecule has 0 spiro atoms. The van der Waals surface area contributed by atoms with E-state index in [9.17, 15) is 4.79 Å². The number of halogens is 1. The van der Waals surface area contributed by atoms with Crippen LogP contribution < -0.4 is 5.32 Å². The second-order valence-corrected chi connectivity index (χ2v) is 5.63. The van der Waals surface area contributed by atoms with Gasteiger partial charge in [0.25, 0.3) is 0 Å². The molecule has 0 aliphatic carbocycles.